The second-order valence-electron chi connectivity index (χ2n) is 5.31. The summed E-state index contributed by atoms with van der Waals surface area (Å²) in [7, 11) is 0. The molecule has 0 aliphatic heterocycles. The first kappa shape index (κ1) is 15.6. The maximum atomic E-state index is 5.85. The fourth-order valence-corrected chi connectivity index (χ4v) is 2.42. The number of nitrogens with one attached hydrogen (secondary N) is 1. The average Bonchev–Trinajstić information content (AvgIpc) is 2.61. The summed E-state index contributed by atoms with van der Waals surface area (Å²) in [4.78, 5) is 8.56. The normalized spacial score (nSPS) is 10.3. The lowest BCUT2D eigenvalue weighted by Gasteiger charge is -2.09. The predicted molar refractivity (Wildman–Crippen MR) is 96.9 cm³/mol. The van der Waals surface area contributed by atoms with Crippen LogP contribution in [0.5, 0.6) is 5.75 Å². The van der Waals surface area contributed by atoms with Crippen LogP contribution in [0.15, 0.2) is 48.8 Å². The minimum absolute atomic E-state index is 0.283. The van der Waals surface area contributed by atoms with Crippen molar-refractivity contribution < 1.29 is 4.74 Å². The smallest absolute Gasteiger partial charge is 0.148 e. The molecule has 0 aliphatic rings. The van der Waals surface area contributed by atoms with Crippen LogP contribution >= 0.6 is 0 Å². The number of benzene rings is 2. The number of nitrogens with two attached hydrogens (primary N) is 1. The third-order valence-corrected chi connectivity index (χ3v) is 3.61. The third-order valence-electron chi connectivity index (χ3n) is 3.61. The zero-order valence-corrected chi connectivity index (χ0v) is 13.2. The van der Waals surface area contributed by atoms with Gasteiger partial charge in [-0.05, 0) is 42.3 Å². The molecular weight excluding hydrogens is 300 g/mol. The summed E-state index contributed by atoms with van der Waals surface area (Å²) in [5.74, 6) is 4.02. The Kier molecular flexibility index (Phi) is 4.78. The highest BCUT2D eigenvalue weighted by Crippen LogP contribution is 2.21. The van der Waals surface area contributed by atoms with Crippen LogP contribution in [0.3, 0.4) is 0 Å². The Balaban J connectivity index is 1.62. The van der Waals surface area contributed by atoms with E-state index in [0.717, 1.165) is 35.4 Å². The van der Waals surface area contributed by atoms with E-state index in [-0.39, 0.29) is 6.61 Å². The largest absolute Gasteiger partial charge is 0.481 e. The summed E-state index contributed by atoms with van der Waals surface area (Å²) in [5, 5.41) is 4.27. The van der Waals surface area contributed by atoms with Gasteiger partial charge in [0.05, 0.1) is 5.52 Å². The van der Waals surface area contributed by atoms with Crippen molar-refractivity contribution in [2.24, 2.45) is 0 Å². The summed E-state index contributed by atoms with van der Waals surface area (Å²) in [6.45, 7) is 1.04. The number of hydrogen-bond acceptors (Lipinski definition) is 5. The molecule has 0 bridgehead atoms. The van der Waals surface area contributed by atoms with E-state index >= 15 is 0 Å². The molecule has 1 aromatic heterocycles. The van der Waals surface area contributed by atoms with Crippen LogP contribution in [0.4, 0.5) is 11.5 Å². The van der Waals surface area contributed by atoms with E-state index in [1.165, 1.54) is 5.56 Å². The van der Waals surface area contributed by atoms with Crippen LogP contribution in [0, 0.1) is 12.3 Å². The van der Waals surface area contributed by atoms with Gasteiger partial charge in [-0.25, -0.2) is 9.97 Å². The molecule has 120 valence electrons. The van der Waals surface area contributed by atoms with Crippen LogP contribution in [0.1, 0.15) is 5.56 Å². The van der Waals surface area contributed by atoms with Crippen LogP contribution in [-0.2, 0) is 6.42 Å². The summed E-state index contributed by atoms with van der Waals surface area (Å²) >= 11 is 0. The molecule has 0 amide bonds. The maximum absolute atomic E-state index is 5.85. The first-order valence-corrected chi connectivity index (χ1v) is 7.65. The van der Waals surface area contributed by atoms with E-state index in [2.05, 4.69) is 21.2 Å². The van der Waals surface area contributed by atoms with E-state index in [4.69, 9.17) is 16.9 Å². The number of nitrogen functional groups attached to an aromatic ring is 1. The number of ether oxygens (including phenoxy) is 1. The van der Waals surface area contributed by atoms with Crippen molar-refractivity contribution in [3.05, 3.63) is 54.4 Å². The zero-order valence-electron chi connectivity index (χ0n) is 13.2. The molecule has 0 fully saturated rings. The Morgan fingerprint density at radius 3 is 2.75 bits per heavy atom. The first-order valence-electron chi connectivity index (χ1n) is 7.65. The van der Waals surface area contributed by atoms with E-state index in [9.17, 15) is 0 Å². The highest BCUT2D eigenvalue weighted by Gasteiger charge is 2.04. The Hall–Kier alpha value is -3.26. The predicted octanol–water partition coefficient (Wildman–Crippen LogP) is 2.88. The molecule has 0 spiro atoms. The van der Waals surface area contributed by atoms with Gasteiger partial charge in [0, 0.05) is 17.6 Å². The van der Waals surface area contributed by atoms with Gasteiger partial charge in [0.25, 0.3) is 0 Å². The number of rotatable bonds is 6. The number of anilines is 2. The van der Waals surface area contributed by atoms with E-state index in [0.29, 0.717) is 5.69 Å². The van der Waals surface area contributed by atoms with Crippen LogP contribution in [-0.4, -0.2) is 23.1 Å². The lowest BCUT2D eigenvalue weighted by atomic mass is 10.1. The highest BCUT2D eigenvalue weighted by molar-refractivity contribution is 5.91. The highest BCUT2D eigenvalue weighted by atomic mass is 16.5. The van der Waals surface area contributed by atoms with Crippen LogP contribution < -0.4 is 15.8 Å². The quantitative estimate of drug-likeness (QED) is 0.540. The number of fused-ring (bicyclic) bond motifs is 1. The van der Waals surface area contributed by atoms with Crippen molar-refractivity contribution in [3.8, 4) is 18.1 Å². The number of terminal acetylenes is 1. The van der Waals surface area contributed by atoms with E-state index in [1.54, 1.807) is 6.33 Å². The molecule has 3 aromatic rings. The minimum Gasteiger partial charge on any atom is -0.481 e. The van der Waals surface area contributed by atoms with Crippen molar-refractivity contribution >= 4 is 22.4 Å². The number of hydrogen-bond donors (Lipinski definition) is 2. The summed E-state index contributed by atoms with van der Waals surface area (Å²) < 4.78 is 5.36. The van der Waals surface area contributed by atoms with Crippen molar-refractivity contribution in [3.63, 3.8) is 0 Å². The zero-order chi connectivity index (χ0) is 16.8. The molecule has 0 aliphatic carbocycles. The molecule has 1 heterocycles. The second-order valence-corrected chi connectivity index (χ2v) is 5.31. The fraction of sp³-hybridized carbons (Fsp3) is 0.158. The van der Waals surface area contributed by atoms with Crippen molar-refractivity contribution in [2.75, 3.05) is 24.2 Å². The van der Waals surface area contributed by atoms with Crippen molar-refractivity contribution in [1.29, 1.82) is 0 Å². The monoisotopic (exact) mass is 318 g/mol. The maximum Gasteiger partial charge on any atom is 0.148 e. The molecule has 0 unspecified atom stereocenters. The number of aromatic nitrogens is 2. The molecule has 0 saturated heterocycles. The Morgan fingerprint density at radius 1 is 1.12 bits per heavy atom. The molecule has 5 nitrogen and oxygen atoms in total. The lowest BCUT2D eigenvalue weighted by Crippen LogP contribution is -2.07. The fourth-order valence-electron chi connectivity index (χ4n) is 2.42. The third kappa shape index (κ3) is 3.73. The Labute approximate surface area is 140 Å². The first-order chi connectivity index (χ1) is 11.8. The molecule has 0 saturated carbocycles. The van der Waals surface area contributed by atoms with Gasteiger partial charge in [-0.1, -0.05) is 18.1 Å². The van der Waals surface area contributed by atoms with Gasteiger partial charge < -0.3 is 15.8 Å². The van der Waals surface area contributed by atoms with Gasteiger partial charge in [0.2, 0.25) is 0 Å². The minimum atomic E-state index is 0.283. The van der Waals surface area contributed by atoms with Crippen molar-refractivity contribution in [1.82, 2.24) is 9.97 Å². The summed E-state index contributed by atoms with van der Waals surface area (Å²) in [6, 6.07) is 13.5. The molecule has 2 aromatic carbocycles. The molecule has 3 rings (SSSR count). The molecule has 24 heavy (non-hydrogen) atoms. The van der Waals surface area contributed by atoms with Gasteiger partial charge >= 0.3 is 0 Å². The van der Waals surface area contributed by atoms with Crippen LogP contribution in [0.2, 0.25) is 0 Å². The Bertz CT molecular complexity index is 869. The van der Waals surface area contributed by atoms with Gasteiger partial charge in [0.1, 0.15) is 24.5 Å². The molecule has 5 heteroatoms. The molecule has 0 atom stereocenters. The van der Waals surface area contributed by atoms with Gasteiger partial charge in [-0.2, -0.15) is 0 Å². The van der Waals surface area contributed by atoms with Gasteiger partial charge in [-0.15, -0.1) is 6.42 Å². The number of nitrogens with zero attached hydrogens (tertiary/aromatic N) is 2. The SMILES string of the molecule is C#CCOc1ccc(CCNc2ncnc3ccc(N)cc23)cc1. The molecule has 0 radical (unpaired) electrons. The average molecular weight is 318 g/mol. The lowest BCUT2D eigenvalue weighted by molar-refractivity contribution is 0.370. The topological polar surface area (TPSA) is 73.1 Å². The summed E-state index contributed by atoms with van der Waals surface area (Å²) in [6.07, 6.45) is 7.59. The van der Waals surface area contributed by atoms with Crippen LogP contribution in [0.25, 0.3) is 10.9 Å². The van der Waals surface area contributed by atoms with Gasteiger partial charge in [0.15, 0.2) is 0 Å². The molecular formula is C19H18N4O. The molecule has 3 N–H and O–H groups in total. The van der Waals surface area contributed by atoms with E-state index in [1.807, 2.05) is 42.5 Å². The van der Waals surface area contributed by atoms with Crippen molar-refractivity contribution in [2.45, 2.75) is 6.42 Å². The van der Waals surface area contributed by atoms with Gasteiger partial charge in [-0.3, -0.25) is 0 Å². The Morgan fingerprint density at radius 2 is 1.96 bits per heavy atom. The second kappa shape index (κ2) is 7.34. The standard InChI is InChI=1S/C19H18N4O/c1-2-11-24-16-6-3-14(4-7-16)9-10-21-19-17-12-15(20)5-8-18(17)22-13-23-19/h1,3-8,12-13H,9-11,20H2,(H,21,22,23). The summed E-state index contributed by atoms with van der Waals surface area (Å²) in [5.41, 5.74) is 8.63. The van der Waals surface area contributed by atoms with E-state index < -0.39 is 0 Å².